The molecule has 1 N–H and O–H groups in total. The Labute approximate surface area is 123 Å². The molecule has 0 bridgehead atoms. The van der Waals surface area contributed by atoms with Crippen molar-refractivity contribution < 1.29 is 4.74 Å². The summed E-state index contributed by atoms with van der Waals surface area (Å²) in [6.45, 7) is 0.715. The second kappa shape index (κ2) is 6.09. The fourth-order valence-electron chi connectivity index (χ4n) is 2.12. The number of hydrogen-bond acceptors (Lipinski definition) is 4. The third-order valence-electron chi connectivity index (χ3n) is 3.23. The van der Waals surface area contributed by atoms with Gasteiger partial charge in [-0.05, 0) is 30.3 Å². The SMILES string of the molecule is COc1ccccc1CNc1ccc(-n2cncn2)cc1. The Morgan fingerprint density at radius 2 is 1.90 bits per heavy atom. The van der Waals surface area contributed by atoms with Gasteiger partial charge in [0.05, 0.1) is 12.8 Å². The highest BCUT2D eigenvalue weighted by Gasteiger charge is 2.02. The fourth-order valence-corrected chi connectivity index (χ4v) is 2.12. The van der Waals surface area contributed by atoms with E-state index in [1.54, 1.807) is 18.1 Å². The number of hydrogen-bond donors (Lipinski definition) is 1. The normalized spacial score (nSPS) is 10.3. The second-order valence-corrected chi connectivity index (χ2v) is 4.55. The van der Waals surface area contributed by atoms with Crippen molar-refractivity contribution in [2.24, 2.45) is 0 Å². The third kappa shape index (κ3) is 3.02. The van der Waals surface area contributed by atoms with Crippen molar-refractivity contribution in [2.45, 2.75) is 6.54 Å². The first kappa shape index (κ1) is 13.2. The highest BCUT2D eigenvalue weighted by atomic mass is 16.5. The molecule has 0 aliphatic carbocycles. The topological polar surface area (TPSA) is 52.0 Å². The van der Waals surface area contributed by atoms with E-state index >= 15 is 0 Å². The number of nitrogens with zero attached hydrogens (tertiary/aromatic N) is 3. The lowest BCUT2D eigenvalue weighted by Crippen LogP contribution is -2.02. The van der Waals surface area contributed by atoms with E-state index in [1.165, 1.54) is 6.33 Å². The summed E-state index contributed by atoms with van der Waals surface area (Å²) >= 11 is 0. The van der Waals surface area contributed by atoms with Gasteiger partial charge in [0.25, 0.3) is 0 Å². The van der Waals surface area contributed by atoms with Gasteiger partial charge in [-0.1, -0.05) is 18.2 Å². The largest absolute Gasteiger partial charge is 0.496 e. The van der Waals surface area contributed by atoms with Crippen molar-refractivity contribution in [2.75, 3.05) is 12.4 Å². The summed E-state index contributed by atoms with van der Waals surface area (Å²) in [7, 11) is 1.69. The molecule has 5 heteroatoms. The standard InChI is InChI=1S/C16H16N4O/c1-21-16-5-3-2-4-13(16)10-18-14-6-8-15(9-7-14)20-12-17-11-19-20/h2-9,11-12,18H,10H2,1H3. The molecule has 0 fully saturated rings. The lowest BCUT2D eigenvalue weighted by Gasteiger charge is -2.10. The molecule has 3 aromatic rings. The number of rotatable bonds is 5. The van der Waals surface area contributed by atoms with Crippen LogP contribution >= 0.6 is 0 Å². The van der Waals surface area contributed by atoms with E-state index in [9.17, 15) is 0 Å². The van der Waals surface area contributed by atoms with Crippen LogP contribution in [0.15, 0.2) is 61.2 Å². The first-order valence-corrected chi connectivity index (χ1v) is 6.67. The minimum absolute atomic E-state index is 0.715. The summed E-state index contributed by atoms with van der Waals surface area (Å²) in [5.74, 6) is 0.893. The molecule has 0 saturated carbocycles. The summed E-state index contributed by atoms with van der Waals surface area (Å²) in [4.78, 5) is 3.94. The molecular formula is C16H16N4O. The van der Waals surface area contributed by atoms with Crippen LogP contribution < -0.4 is 10.1 Å². The first-order valence-electron chi connectivity index (χ1n) is 6.67. The minimum atomic E-state index is 0.715. The molecule has 5 nitrogen and oxygen atoms in total. The number of benzene rings is 2. The Hall–Kier alpha value is -2.82. The molecule has 1 heterocycles. The highest BCUT2D eigenvalue weighted by Crippen LogP contribution is 2.19. The number of anilines is 1. The van der Waals surface area contributed by atoms with Crippen LogP contribution in [0.5, 0.6) is 5.75 Å². The molecule has 0 spiro atoms. The van der Waals surface area contributed by atoms with Gasteiger partial charge < -0.3 is 10.1 Å². The Morgan fingerprint density at radius 3 is 2.62 bits per heavy atom. The third-order valence-corrected chi connectivity index (χ3v) is 3.23. The van der Waals surface area contributed by atoms with Gasteiger partial charge in [0, 0.05) is 17.8 Å². The Bertz CT molecular complexity index is 693. The van der Waals surface area contributed by atoms with Crippen LogP contribution in [-0.2, 0) is 6.54 Å². The quantitative estimate of drug-likeness (QED) is 0.780. The minimum Gasteiger partial charge on any atom is -0.496 e. The number of methoxy groups -OCH3 is 1. The summed E-state index contributed by atoms with van der Waals surface area (Å²) in [6.07, 6.45) is 3.20. The maximum absolute atomic E-state index is 5.34. The molecule has 0 aliphatic heterocycles. The number of aromatic nitrogens is 3. The van der Waals surface area contributed by atoms with Gasteiger partial charge in [0.15, 0.2) is 0 Å². The summed E-state index contributed by atoms with van der Waals surface area (Å²) in [5.41, 5.74) is 3.15. The van der Waals surface area contributed by atoms with E-state index < -0.39 is 0 Å². The maximum atomic E-state index is 5.34. The van der Waals surface area contributed by atoms with Crippen LogP contribution in [0.4, 0.5) is 5.69 Å². The van der Waals surface area contributed by atoms with E-state index in [0.29, 0.717) is 6.54 Å². The molecule has 106 valence electrons. The van der Waals surface area contributed by atoms with Gasteiger partial charge in [-0.3, -0.25) is 0 Å². The lowest BCUT2D eigenvalue weighted by atomic mass is 10.2. The van der Waals surface area contributed by atoms with Crippen molar-refractivity contribution in [3.05, 3.63) is 66.7 Å². The van der Waals surface area contributed by atoms with Gasteiger partial charge in [0.1, 0.15) is 18.4 Å². The Balaban J connectivity index is 1.68. The van der Waals surface area contributed by atoms with Gasteiger partial charge in [-0.15, -0.1) is 0 Å². The molecule has 2 aromatic carbocycles. The van der Waals surface area contributed by atoms with E-state index in [-0.39, 0.29) is 0 Å². The molecule has 0 radical (unpaired) electrons. The molecule has 1 aromatic heterocycles. The molecule has 3 rings (SSSR count). The molecule has 0 atom stereocenters. The zero-order valence-electron chi connectivity index (χ0n) is 11.7. The van der Waals surface area contributed by atoms with E-state index in [4.69, 9.17) is 4.74 Å². The molecule has 21 heavy (non-hydrogen) atoms. The van der Waals surface area contributed by atoms with Crippen LogP contribution in [0.1, 0.15) is 5.56 Å². The Morgan fingerprint density at radius 1 is 1.10 bits per heavy atom. The smallest absolute Gasteiger partial charge is 0.138 e. The van der Waals surface area contributed by atoms with Crippen LogP contribution in [0.25, 0.3) is 5.69 Å². The van der Waals surface area contributed by atoms with Crippen molar-refractivity contribution in [3.8, 4) is 11.4 Å². The van der Waals surface area contributed by atoms with Crippen LogP contribution in [0.2, 0.25) is 0 Å². The predicted molar refractivity (Wildman–Crippen MR) is 81.7 cm³/mol. The van der Waals surface area contributed by atoms with Crippen LogP contribution in [-0.4, -0.2) is 21.9 Å². The summed E-state index contributed by atoms with van der Waals surface area (Å²) in [5, 5.41) is 7.48. The number of para-hydroxylation sites is 1. The van der Waals surface area contributed by atoms with Gasteiger partial charge >= 0.3 is 0 Å². The highest BCUT2D eigenvalue weighted by molar-refractivity contribution is 5.49. The zero-order chi connectivity index (χ0) is 14.5. The lowest BCUT2D eigenvalue weighted by molar-refractivity contribution is 0.410. The van der Waals surface area contributed by atoms with Crippen molar-refractivity contribution >= 4 is 5.69 Å². The summed E-state index contributed by atoms with van der Waals surface area (Å²) in [6, 6.07) is 16.0. The van der Waals surface area contributed by atoms with Crippen LogP contribution in [0.3, 0.4) is 0 Å². The average molecular weight is 280 g/mol. The van der Waals surface area contributed by atoms with Gasteiger partial charge in [0.2, 0.25) is 0 Å². The maximum Gasteiger partial charge on any atom is 0.138 e. The van der Waals surface area contributed by atoms with Gasteiger partial charge in [-0.2, -0.15) is 5.10 Å². The molecule has 0 unspecified atom stereocenters. The second-order valence-electron chi connectivity index (χ2n) is 4.55. The molecular weight excluding hydrogens is 264 g/mol. The monoisotopic (exact) mass is 280 g/mol. The number of ether oxygens (including phenoxy) is 1. The fraction of sp³-hybridized carbons (Fsp3) is 0.125. The average Bonchev–Trinajstić information content (AvgIpc) is 3.08. The van der Waals surface area contributed by atoms with E-state index in [2.05, 4.69) is 21.5 Å². The van der Waals surface area contributed by atoms with E-state index in [1.807, 2.05) is 42.5 Å². The van der Waals surface area contributed by atoms with Gasteiger partial charge in [-0.25, -0.2) is 9.67 Å². The van der Waals surface area contributed by atoms with Crippen molar-refractivity contribution in [1.82, 2.24) is 14.8 Å². The zero-order valence-corrected chi connectivity index (χ0v) is 11.7. The first-order chi connectivity index (χ1) is 10.4. The predicted octanol–water partition coefficient (Wildman–Crippen LogP) is 2.89. The Kier molecular flexibility index (Phi) is 3.82. The van der Waals surface area contributed by atoms with E-state index in [0.717, 1.165) is 22.7 Å². The van der Waals surface area contributed by atoms with Crippen molar-refractivity contribution in [1.29, 1.82) is 0 Å². The van der Waals surface area contributed by atoms with Crippen LogP contribution in [0, 0.1) is 0 Å². The molecule has 0 aliphatic rings. The molecule has 0 saturated heterocycles. The van der Waals surface area contributed by atoms with Crippen molar-refractivity contribution in [3.63, 3.8) is 0 Å². The number of nitrogens with one attached hydrogen (secondary N) is 1. The molecule has 0 amide bonds. The summed E-state index contributed by atoms with van der Waals surface area (Å²) < 4.78 is 7.07.